The molecule has 5 nitrogen and oxygen atoms in total. The molecule has 1 aromatic heterocycles. The minimum Gasteiger partial charge on any atom is -0.497 e. The van der Waals surface area contributed by atoms with E-state index in [1.807, 2.05) is 6.07 Å². The van der Waals surface area contributed by atoms with Crippen molar-refractivity contribution in [1.82, 2.24) is 0 Å². The Hall–Kier alpha value is -2.95. The van der Waals surface area contributed by atoms with Gasteiger partial charge in [0.1, 0.15) is 11.3 Å². The number of fused-ring (bicyclic) bond motifs is 2. The van der Waals surface area contributed by atoms with E-state index in [1.165, 1.54) is 0 Å². The first-order valence-corrected chi connectivity index (χ1v) is 6.76. The predicted molar refractivity (Wildman–Crippen MR) is 78.8 cm³/mol. The van der Waals surface area contributed by atoms with Crippen LogP contribution in [0.25, 0.3) is 11.0 Å². The number of furan rings is 1. The van der Waals surface area contributed by atoms with Crippen molar-refractivity contribution < 1.29 is 23.4 Å². The monoisotopic (exact) mass is 296 g/mol. The standard InChI is InChI=1S/C17H12O5/c1-19-12-4-2-10(3-5-12)17(18)16-7-11-6-14-15(21-9-20-14)8-13(11)22-16/h2-8H,9H2,1H3. The number of ketones is 1. The van der Waals surface area contributed by atoms with Gasteiger partial charge in [-0.25, -0.2) is 0 Å². The van der Waals surface area contributed by atoms with E-state index in [0.29, 0.717) is 28.4 Å². The van der Waals surface area contributed by atoms with E-state index in [-0.39, 0.29) is 18.3 Å². The molecule has 0 atom stereocenters. The van der Waals surface area contributed by atoms with Crippen LogP contribution in [0.3, 0.4) is 0 Å². The number of rotatable bonds is 3. The maximum absolute atomic E-state index is 12.5. The lowest BCUT2D eigenvalue weighted by molar-refractivity contribution is 0.101. The second kappa shape index (κ2) is 4.80. The second-order valence-corrected chi connectivity index (χ2v) is 4.91. The van der Waals surface area contributed by atoms with Crippen LogP contribution < -0.4 is 14.2 Å². The molecule has 2 heterocycles. The lowest BCUT2D eigenvalue weighted by Crippen LogP contribution is -1.99. The summed E-state index contributed by atoms with van der Waals surface area (Å²) in [6, 6.07) is 12.2. The summed E-state index contributed by atoms with van der Waals surface area (Å²) in [4.78, 5) is 12.5. The third kappa shape index (κ3) is 1.98. The fraction of sp³-hybridized carbons (Fsp3) is 0.118. The lowest BCUT2D eigenvalue weighted by Gasteiger charge is -2.00. The van der Waals surface area contributed by atoms with Gasteiger partial charge in [0.05, 0.1) is 7.11 Å². The van der Waals surface area contributed by atoms with Gasteiger partial charge in [0.2, 0.25) is 12.6 Å². The van der Waals surface area contributed by atoms with Gasteiger partial charge in [-0.05, 0) is 36.4 Å². The van der Waals surface area contributed by atoms with Crippen LogP contribution in [0.4, 0.5) is 0 Å². The Morgan fingerprint density at radius 1 is 1.05 bits per heavy atom. The summed E-state index contributed by atoms with van der Waals surface area (Å²) in [7, 11) is 1.58. The van der Waals surface area contributed by atoms with Crippen molar-refractivity contribution >= 4 is 16.8 Å². The Morgan fingerprint density at radius 2 is 1.77 bits per heavy atom. The molecule has 2 aromatic carbocycles. The van der Waals surface area contributed by atoms with Crippen molar-refractivity contribution in [2.24, 2.45) is 0 Å². The molecular weight excluding hydrogens is 284 g/mol. The molecule has 0 amide bonds. The van der Waals surface area contributed by atoms with Crippen molar-refractivity contribution in [3.05, 3.63) is 53.8 Å². The molecule has 1 aliphatic heterocycles. The third-order valence-corrected chi connectivity index (χ3v) is 3.59. The molecule has 4 rings (SSSR count). The first-order valence-electron chi connectivity index (χ1n) is 6.76. The lowest BCUT2D eigenvalue weighted by atomic mass is 10.1. The van der Waals surface area contributed by atoms with Crippen LogP contribution >= 0.6 is 0 Å². The molecule has 0 unspecified atom stereocenters. The molecule has 0 bridgehead atoms. The highest BCUT2D eigenvalue weighted by atomic mass is 16.7. The average molecular weight is 296 g/mol. The van der Waals surface area contributed by atoms with Crippen LogP contribution in [-0.2, 0) is 0 Å². The highest BCUT2D eigenvalue weighted by molar-refractivity contribution is 6.09. The van der Waals surface area contributed by atoms with Crippen LogP contribution in [0.2, 0.25) is 0 Å². The van der Waals surface area contributed by atoms with Gasteiger partial charge in [0.15, 0.2) is 17.3 Å². The Balaban J connectivity index is 1.72. The molecule has 0 spiro atoms. The number of carbonyl (C=O) groups is 1. The molecule has 5 heteroatoms. The summed E-state index contributed by atoms with van der Waals surface area (Å²) < 4.78 is 21.4. The summed E-state index contributed by atoms with van der Waals surface area (Å²) in [5.41, 5.74) is 1.14. The molecule has 0 N–H and O–H groups in total. The molecule has 0 fully saturated rings. The average Bonchev–Trinajstić information content (AvgIpc) is 3.17. The van der Waals surface area contributed by atoms with Crippen molar-refractivity contribution in [2.75, 3.05) is 13.9 Å². The van der Waals surface area contributed by atoms with Gasteiger partial charge in [0, 0.05) is 17.0 Å². The number of ether oxygens (including phenoxy) is 3. The Morgan fingerprint density at radius 3 is 2.50 bits per heavy atom. The zero-order chi connectivity index (χ0) is 15.1. The summed E-state index contributed by atoms with van der Waals surface area (Å²) >= 11 is 0. The number of benzene rings is 2. The number of carbonyl (C=O) groups excluding carboxylic acids is 1. The largest absolute Gasteiger partial charge is 0.497 e. The van der Waals surface area contributed by atoms with E-state index in [9.17, 15) is 4.79 Å². The molecule has 0 radical (unpaired) electrons. The Bertz CT molecular complexity index is 820. The summed E-state index contributed by atoms with van der Waals surface area (Å²) in [5, 5.41) is 0.807. The fourth-order valence-electron chi connectivity index (χ4n) is 2.43. The van der Waals surface area contributed by atoms with Crippen molar-refractivity contribution in [3.8, 4) is 17.2 Å². The Kier molecular flexibility index (Phi) is 2.79. The minimum atomic E-state index is -0.180. The SMILES string of the molecule is COc1ccc(C(=O)c2cc3cc4c(cc3o2)OCO4)cc1. The minimum absolute atomic E-state index is 0.180. The molecule has 0 saturated carbocycles. The van der Waals surface area contributed by atoms with Gasteiger partial charge >= 0.3 is 0 Å². The molecule has 3 aromatic rings. The van der Waals surface area contributed by atoms with Crippen LogP contribution in [0, 0.1) is 0 Å². The topological polar surface area (TPSA) is 57.9 Å². The molecule has 0 saturated heterocycles. The van der Waals surface area contributed by atoms with Crippen LogP contribution in [-0.4, -0.2) is 19.7 Å². The zero-order valence-corrected chi connectivity index (χ0v) is 11.8. The van der Waals surface area contributed by atoms with E-state index in [1.54, 1.807) is 43.5 Å². The summed E-state index contributed by atoms with van der Waals surface area (Å²) in [5.74, 6) is 2.10. The van der Waals surface area contributed by atoms with Gasteiger partial charge in [-0.1, -0.05) is 0 Å². The Labute approximate surface area is 126 Å². The van der Waals surface area contributed by atoms with Crippen molar-refractivity contribution in [1.29, 1.82) is 0 Å². The number of hydrogen-bond acceptors (Lipinski definition) is 5. The smallest absolute Gasteiger partial charge is 0.231 e. The maximum atomic E-state index is 12.5. The molecule has 110 valence electrons. The number of methoxy groups -OCH3 is 1. The van der Waals surface area contributed by atoms with Crippen molar-refractivity contribution in [3.63, 3.8) is 0 Å². The first kappa shape index (κ1) is 12.8. The van der Waals surface area contributed by atoms with Crippen LogP contribution in [0.1, 0.15) is 16.1 Å². The highest BCUT2D eigenvalue weighted by Gasteiger charge is 2.19. The van der Waals surface area contributed by atoms with E-state index < -0.39 is 0 Å². The highest BCUT2D eigenvalue weighted by Crippen LogP contribution is 2.37. The normalized spacial score (nSPS) is 12.6. The molecule has 22 heavy (non-hydrogen) atoms. The summed E-state index contributed by atoms with van der Waals surface area (Å²) in [6.45, 7) is 0.208. The zero-order valence-electron chi connectivity index (χ0n) is 11.8. The summed E-state index contributed by atoms with van der Waals surface area (Å²) in [6.07, 6.45) is 0. The van der Waals surface area contributed by atoms with Crippen LogP contribution in [0.5, 0.6) is 17.2 Å². The molecular formula is C17H12O5. The maximum Gasteiger partial charge on any atom is 0.231 e. The van der Waals surface area contributed by atoms with Gasteiger partial charge in [-0.2, -0.15) is 0 Å². The van der Waals surface area contributed by atoms with Gasteiger partial charge in [-0.15, -0.1) is 0 Å². The van der Waals surface area contributed by atoms with E-state index in [2.05, 4.69) is 0 Å². The van der Waals surface area contributed by atoms with Gasteiger partial charge in [-0.3, -0.25) is 4.79 Å². The molecule has 1 aliphatic rings. The second-order valence-electron chi connectivity index (χ2n) is 4.91. The van der Waals surface area contributed by atoms with E-state index in [0.717, 1.165) is 5.39 Å². The fourth-order valence-corrected chi connectivity index (χ4v) is 2.43. The van der Waals surface area contributed by atoms with Gasteiger partial charge in [0.25, 0.3) is 0 Å². The quantitative estimate of drug-likeness (QED) is 0.693. The third-order valence-electron chi connectivity index (χ3n) is 3.59. The predicted octanol–water partition coefficient (Wildman–Crippen LogP) is 3.40. The van der Waals surface area contributed by atoms with Gasteiger partial charge < -0.3 is 18.6 Å². The van der Waals surface area contributed by atoms with E-state index in [4.69, 9.17) is 18.6 Å². The van der Waals surface area contributed by atoms with E-state index >= 15 is 0 Å². The van der Waals surface area contributed by atoms with Crippen LogP contribution in [0.15, 0.2) is 46.9 Å². The van der Waals surface area contributed by atoms with Crippen molar-refractivity contribution in [2.45, 2.75) is 0 Å². The molecule has 0 aliphatic carbocycles. The number of hydrogen-bond donors (Lipinski definition) is 0. The first-order chi connectivity index (χ1) is 10.7.